The maximum absolute atomic E-state index is 12.4. The van der Waals surface area contributed by atoms with E-state index in [1.54, 1.807) is 20.8 Å². The standard InChI is InChI=1S/C16H24O8/c1-7-8(5-17)16(2,3)4-9(11(7)19)23-15-14(22)13(21)12(20)10(6-18)24-15/h4,10,12-15,17-18,20-22H,5-6H2,1-3H3/t10-,12-,13+,14-,15-/m1/s1. The van der Waals surface area contributed by atoms with E-state index in [2.05, 4.69) is 0 Å². The van der Waals surface area contributed by atoms with Gasteiger partial charge in [0, 0.05) is 11.0 Å². The van der Waals surface area contributed by atoms with E-state index >= 15 is 0 Å². The molecule has 0 radical (unpaired) electrons. The fourth-order valence-electron chi connectivity index (χ4n) is 2.99. The van der Waals surface area contributed by atoms with Crippen LogP contribution in [0.4, 0.5) is 0 Å². The quantitative estimate of drug-likeness (QED) is 0.420. The summed E-state index contributed by atoms with van der Waals surface area (Å²) >= 11 is 0. The van der Waals surface area contributed by atoms with E-state index in [1.807, 2.05) is 0 Å². The minimum atomic E-state index is -1.59. The third-order valence-corrected chi connectivity index (χ3v) is 4.54. The fraction of sp³-hybridized carbons (Fsp3) is 0.688. The van der Waals surface area contributed by atoms with Gasteiger partial charge in [-0.15, -0.1) is 0 Å². The molecule has 2 aliphatic rings. The van der Waals surface area contributed by atoms with Gasteiger partial charge in [-0.05, 0) is 18.6 Å². The normalized spacial score (nSPS) is 36.6. The molecule has 0 aromatic rings. The molecule has 1 fully saturated rings. The van der Waals surface area contributed by atoms with Crippen molar-refractivity contribution in [3.05, 3.63) is 23.0 Å². The molecule has 5 atom stereocenters. The number of carbonyl (C=O) groups excluding carboxylic acids is 1. The third kappa shape index (κ3) is 3.26. The molecule has 1 saturated heterocycles. The van der Waals surface area contributed by atoms with E-state index < -0.39 is 48.5 Å². The van der Waals surface area contributed by atoms with E-state index in [9.17, 15) is 30.3 Å². The summed E-state index contributed by atoms with van der Waals surface area (Å²) in [7, 11) is 0. The largest absolute Gasteiger partial charge is 0.458 e. The number of hydrogen-bond acceptors (Lipinski definition) is 8. The SMILES string of the molecule is CC1=C(CO)C(C)(C)C=C(O[C@@H]2O[C@H](CO)[C@@H](O)[C@H](O)[C@H]2O)C1=O. The Kier molecular flexibility index (Phi) is 5.48. The number of hydrogen-bond donors (Lipinski definition) is 5. The van der Waals surface area contributed by atoms with Gasteiger partial charge in [0.2, 0.25) is 12.1 Å². The van der Waals surface area contributed by atoms with Crippen molar-refractivity contribution in [2.24, 2.45) is 5.41 Å². The Labute approximate surface area is 139 Å². The van der Waals surface area contributed by atoms with Crippen LogP contribution in [0.2, 0.25) is 0 Å². The van der Waals surface area contributed by atoms with Gasteiger partial charge in [-0.2, -0.15) is 0 Å². The lowest BCUT2D eigenvalue weighted by atomic mass is 9.76. The van der Waals surface area contributed by atoms with Crippen molar-refractivity contribution in [3.8, 4) is 0 Å². The summed E-state index contributed by atoms with van der Waals surface area (Å²) in [5.41, 5.74) is 0.258. The molecule has 0 unspecified atom stereocenters. The van der Waals surface area contributed by atoms with Crippen LogP contribution in [0.25, 0.3) is 0 Å². The number of carbonyl (C=O) groups is 1. The summed E-state index contributed by atoms with van der Waals surface area (Å²) in [5, 5.41) is 48.2. The average molecular weight is 344 g/mol. The first kappa shape index (κ1) is 19.0. The van der Waals surface area contributed by atoms with Crippen LogP contribution in [0.15, 0.2) is 23.0 Å². The van der Waals surface area contributed by atoms with Gasteiger partial charge < -0.3 is 35.0 Å². The fourth-order valence-corrected chi connectivity index (χ4v) is 2.99. The summed E-state index contributed by atoms with van der Waals surface area (Å²) in [6.07, 6.45) is -5.71. The van der Waals surface area contributed by atoms with Gasteiger partial charge in [0.05, 0.1) is 13.2 Å². The predicted octanol–water partition coefficient (Wildman–Crippen LogP) is -1.40. The minimum absolute atomic E-state index is 0.0842. The number of rotatable bonds is 4. The molecular formula is C16H24O8. The van der Waals surface area contributed by atoms with Crippen molar-refractivity contribution in [1.82, 2.24) is 0 Å². The second-order valence-corrected chi connectivity index (χ2v) is 6.64. The van der Waals surface area contributed by atoms with Crippen molar-refractivity contribution in [1.29, 1.82) is 0 Å². The second-order valence-electron chi connectivity index (χ2n) is 6.64. The lowest BCUT2D eigenvalue weighted by Gasteiger charge is -2.40. The minimum Gasteiger partial charge on any atom is -0.458 e. The van der Waals surface area contributed by atoms with E-state index in [0.29, 0.717) is 11.1 Å². The van der Waals surface area contributed by atoms with Crippen molar-refractivity contribution in [2.75, 3.05) is 13.2 Å². The monoisotopic (exact) mass is 344 g/mol. The third-order valence-electron chi connectivity index (χ3n) is 4.54. The highest BCUT2D eigenvalue weighted by molar-refractivity contribution is 6.08. The molecule has 8 heteroatoms. The Morgan fingerprint density at radius 1 is 1.17 bits per heavy atom. The zero-order valence-electron chi connectivity index (χ0n) is 13.8. The number of aliphatic hydroxyl groups excluding tert-OH is 5. The molecular weight excluding hydrogens is 320 g/mol. The molecule has 0 amide bonds. The first-order valence-corrected chi connectivity index (χ1v) is 7.69. The van der Waals surface area contributed by atoms with Crippen LogP contribution in [0.1, 0.15) is 20.8 Å². The van der Waals surface area contributed by atoms with Crippen LogP contribution in [-0.2, 0) is 14.3 Å². The van der Waals surface area contributed by atoms with E-state index in [1.165, 1.54) is 6.08 Å². The smallest absolute Gasteiger partial charge is 0.229 e. The Hall–Kier alpha value is -1.29. The van der Waals surface area contributed by atoms with Gasteiger partial charge >= 0.3 is 0 Å². The zero-order chi connectivity index (χ0) is 18.2. The molecule has 1 heterocycles. The van der Waals surface area contributed by atoms with Crippen molar-refractivity contribution in [2.45, 2.75) is 51.5 Å². The molecule has 1 aliphatic heterocycles. The van der Waals surface area contributed by atoms with E-state index in [4.69, 9.17) is 9.47 Å². The van der Waals surface area contributed by atoms with Gasteiger partial charge in [-0.1, -0.05) is 13.8 Å². The molecule has 136 valence electrons. The molecule has 8 nitrogen and oxygen atoms in total. The number of aliphatic hydroxyl groups is 5. The summed E-state index contributed by atoms with van der Waals surface area (Å²) in [6, 6.07) is 0. The zero-order valence-corrected chi connectivity index (χ0v) is 13.8. The number of ether oxygens (including phenoxy) is 2. The van der Waals surface area contributed by atoms with Gasteiger partial charge in [-0.25, -0.2) is 0 Å². The van der Waals surface area contributed by atoms with Gasteiger partial charge in [0.25, 0.3) is 0 Å². The van der Waals surface area contributed by atoms with Gasteiger partial charge in [0.1, 0.15) is 24.4 Å². The lowest BCUT2D eigenvalue weighted by Crippen LogP contribution is -2.59. The number of Topliss-reactive ketones (excluding diaryl/α,β-unsaturated/α-hetero) is 1. The topological polar surface area (TPSA) is 137 Å². The molecule has 2 rings (SSSR count). The highest BCUT2D eigenvalue weighted by Gasteiger charge is 2.46. The van der Waals surface area contributed by atoms with Crippen molar-refractivity contribution >= 4 is 5.78 Å². The molecule has 0 aromatic carbocycles. The first-order valence-electron chi connectivity index (χ1n) is 7.69. The molecule has 0 saturated carbocycles. The molecule has 0 spiro atoms. The highest BCUT2D eigenvalue weighted by Crippen LogP contribution is 2.37. The molecule has 1 aliphatic carbocycles. The predicted molar refractivity (Wildman–Crippen MR) is 81.5 cm³/mol. The van der Waals surface area contributed by atoms with Gasteiger partial charge in [0.15, 0.2) is 5.76 Å². The summed E-state index contributed by atoms with van der Waals surface area (Å²) < 4.78 is 10.7. The summed E-state index contributed by atoms with van der Waals surface area (Å²) in [6.45, 7) is 4.31. The van der Waals surface area contributed by atoms with Crippen molar-refractivity contribution in [3.63, 3.8) is 0 Å². The second kappa shape index (κ2) is 6.91. The van der Waals surface area contributed by atoms with Crippen LogP contribution in [0, 0.1) is 5.41 Å². The van der Waals surface area contributed by atoms with Crippen LogP contribution in [0.3, 0.4) is 0 Å². The van der Waals surface area contributed by atoms with Crippen LogP contribution < -0.4 is 0 Å². The Morgan fingerprint density at radius 3 is 2.33 bits per heavy atom. The average Bonchev–Trinajstić information content (AvgIpc) is 2.52. The highest BCUT2D eigenvalue weighted by atomic mass is 16.7. The summed E-state index contributed by atoms with van der Waals surface area (Å²) in [4.78, 5) is 12.4. The van der Waals surface area contributed by atoms with E-state index in [0.717, 1.165) is 0 Å². The van der Waals surface area contributed by atoms with Gasteiger partial charge in [-0.3, -0.25) is 4.79 Å². The molecule has 0 bridgehead atoms. The maximum Gasteiger partial charge on any atom is 0.229 e. The van der Waals surface area contributed by atoms with Crippen LogP contribution >= 0.6 is 0 Å². The Bertz CT molecular complexity index is 562. The summed E-state index contributed by atoms with van der Waals surface area (Å²) in [5.74, 6) is -0.547. The van der Waals surface area contributed by atoms with Crippen molar-refractivity contribution < 1.29 is 39.8 Å². The van der Waals surface area contributed by atoms with Crippen LogP contribution in [0.5, 0.6) is 0 Å². The maximum atomic E-state index is 12.4. The van der Waals surface area contributed by atoms with E-state index in [-0.39, 0.29) is 12.4 Å². The Balaban J connectivity index is 2.24. The molecule has 5 N–H and O–H groups in total. The number of allylic oxidation sites excluding steroid dienone is 2. The molecule has 24 heavy (non-hydrogen) atoms. The molecule has 0 aromatic heterocycles. The van der Waals surface area contributed by atoms with Crippen LogP contribution in [-0.4, -0.2) is 75.2 Å². The number of ketones is 1. The Morgan fingerprint density at radius 2 is 1.79 bits per heavy atom. The first-order chi connectivity index (χ1) is 11.1. The lowest BCUT2D eigenvalue weighted by molar-refractivity contribution is -0.290.